The normalized spacial score (nSPS) is 9.87. The van der Waals surface area contributed by atoms with Crippen LogP contribution in [0, 0.1) is 18.3 Å². The summed E-state index contributed by atoms with van der Waals surface area (Å²) in [6, 6.07) is 5.97. The number of thiazole rings is 1. The third-order valence-electron chi connectivity index (χ3n) is 2.07. The number of aromatic nitrogens is 2. The zero-order valence-corrected chi connectivity index (χ0v) is 9.08. The van der Waals surface area contributed by atoms with E-state index in [-0.39, 0.29) is 0 Å². The molecule has 15 heavy (non-hydrogen) atoms. The number of hydrogen-bond donors (Lipinski definition) is 0. The van der Waals surface area contributed by atoms with Crippen molar-refractivity contribution < 1.29 is 0 Å². The Morgan fingerprint density at radius 2 is 2.13 bits per heavy atom. The lowest BCUT2D eigenvalue weighted by atomic mass is 10.3. The van der Waals surface area contributed by atoms with Crippen LogP contribution >= 0.6 is 11.3 Å². The standard InChI is InChI=1S/C11H9N3S/c1-8-10(2-5-12)14-11(15-8)9-3-6-13-7-4-9/h3-4,6-7H,2H2,1H3. The van der Waals surface area contributed by atoms with E-state index in [0.717, 1.165) is 21.1 Å². The minimum absolute atomic E-state index is 0.382. The zero-order chi connectivity index (χ0) is 10.7. The van der Waals surface area contributed by atoms with Crippen LogP contribution in [-0.2, 0) is 6.42 Å². The second-order valence-corrected chi connectivity index (χ2v) is 4.30. The Morgan fingerprint density at radius 3 is 2.80 bits per heavy atom. The van der Waals surface area contributed by atoms with E-state index in [1.165, 1.54) is 0 Å². The molecule has 4 heteroatoms. The largest absolute Gasteiger partial charge is 0.265 e. The topological polar surface area (TPSA) is 49.6 Å². The van der Waals surface area contributed by atoms with Crippen LogP contribution in [0.4, 0.5) is 0 Å². The molecule has 3 nitrogen and oxygen atoms in total. The van der Waals surface area contributed by atoms with Gasteiger partial charge in [0.25, 0.3) is 0 Å². The third kappa shape index (κ3) is 2.03. The van der Waals surface area contributed by atoms with Crippen LogP contribution in [-0.4, -0.2) is 9.97 Å². The number of nitrogens with zero attached hydrogens (tertiary/aromatic N) is 3. The summed E-state index contributed by atoms with van der Waals surface area (Å²) in [6.45, 7) is 2.00. The van der Waals surface area contributed by atoms with Crippen molar-refractivity contribution in [1.82, 2.24) is 9.97 Å². The maximum atomic E-state index is 8.63. The number of hydrogen-bond acceptors (Lipinski definition) is 4. The van der Waals surface area contributed by atoms with Crippen molar-refractivity contribution in [3.05, 3.63) is 35.1 Å². The van der Waals surface area contributed by atoms with Crippen molar-refractivity contribution in [3.8, 4) is 16.6 Å². The number of nitriles is 1. The molecule has 0 amide bonds. The second kappa shape index (κ2) is 4.20. The summed E-state index contributed by atoms with van der Waals surface area (Å²) in [5.74, 6) is 0. The molecule has 2 heterocycles. The van der Waals surface area contributed by atoms with E-state index in [1.807, 2.05) is 19.1 Å². The van der Waals surface area contributed by atoms with Gasteiger partial charge in [0.1, 0.15) is 5.01 Å². The van der Waals surface area contributed by atoms with E-state index >= 15 is 0 Å². The molecule has 0 radical (unpaired) electrons. The molecule has 2 aromatic rings. The quantitative estimate of drug-likeness (QED) is 0.773. The van der Waals surface area contributed by atoms with Crippen LogP contribution in [0.3, 0.4) is 0 Å². The fourth-order valence-electron chi connectivity index (χ4n) is 1.28. The molecule has 0 saturated heterocycles. The molecule has 0 aromatic carbocycles. The van der Waals surface area contributed by atoms with Gasteiger partial charge in [0.05, 0.1) is 18.2 Å². The molecule has 0 aliphatic carbocycles. The van der Waals surface area contributed by atoms with Crippen LogP contribution in [0.2, 0.25) is 0 Å². The average molecular weight is 215 g/mol. The molecule has 0 atom stereocenters. The molecule has 0 aliphatic rings. The van der Waals surface area contributed by atoms with E-state index in [9.17, 15) is 0 Å². The van der Waals surface area contributed by atoms with Crippen LogP contribution in [0.25, 0.3) is 10.6 Å². The lowest BCUT2D eigenvalue weighted by Gasteiger charge is -1.92. The van der Waals surface area contributed by atoms with Crippen LogP contribution in [0.5, 0.6) is 0 Å². The Labute approximate surface area is 92.1 Å². The molecule has 0 bridgehead atoms. The first kappa shape index (κ1) is 9.81. The van der Waals surface area contributed by atoms with Gasteiger partial charge in [0.2, 0.25) is 0 Å². The fourth-order valence-corrected chi connectivity index (χ4v) is 2.22. The summed E-state index contributed by atoms with van der Waals surface area (Å²) in [5, 5.41) is 9.59. The maximum Gasteiger partial charge on any atom is 0.124 e. The summed E-state index contributed by atoms with van der Waals surface area (Å²) in [4.78, 5) is 9.51. The van der Waals surface area contributed by atoms with Crippen LogP contribution < -0.4 is 0 Å². The van der Waals surface area contributed by atoms with Gasteiger partial charge in [-0.15, -0.1) is 11.3 Å². The van der Waals surface area contributed by atoms with E-state index in [2.05, 4.69) is 16.0 Å². The van der Waals surface area contributed by atoms with Gasteiger partial charge in [0.15, 0.2) is 0 Å². The molecule has 0 N–H and O–H groups in total. The third-order valence-corrected chi connectivity index (χ3v) is 3.13. The smallest absolute Gasteiger partial charge is 0.124 e. The van der Waals surface area contributed by atoms with E-state index in [1.54, 1.807) is 23.7 Å². The highest BCUT2D eigenvalue weighted by atomic mass is 32.1. The molecule has 0 saturated carbocycles. The molecule has 2 aromatic heterocycles. The van der Waals surface area contributed by atoms with Crippen molar-refractivity contribution in [3.63, 3.8) is 0 Å². The highest BCUT2D eigenvalue weighted by molar-refractivity contribution is 7.15. The van der Waals surface area contributed by atoms with Crippen LogP contribution in [0.15, 0.2) is 24.5 Å². The van der Waals surface area contributed by atoms with Crippen molar-refractivity contribution >= 4 is 11.3 Å². The van der Waals surface area contributed by atoms with Crippen molar-refractivity contribution in [2.45, 2.75) is 13.3 Å². The van der Waals surface area contributed by atoms with Crippen molar-refractivity contribution in [1.29, 1.82) is 5.26 Å². The first-order valence-corrected chi connectivity index (χ1v) is 5.36. The molecule has 0 aliphatic heterocycles. The van der Waals surface area contributed by atoms with Crippen LogP contribution in [0.1, 0.15) is 10.6 Å². The Balaban J connectivity index is 2.40. The van der Waals surface area contributed by atoms with Gasteiger partial charge < -0.3 is 0 Å². The van der Waals surface area contributed by atoms with Gasteiger partial charge in [-0.2, -0.15) is 5.26 Å². The van der Waals surface area contributed by atoms with Crippen molar-refractivity contribution in [2.24, 2.45) is 0 Å². The molecular formula is C11H9N3S. The maximum absolute atomic E-state index is 8.63. The predicted molar refractivity (Wildman–Crippen MR) is 59.4 cm³/mol. The molecule has 74 valence electrons. The second-order valence-electron chi connectivity index (χ2n) is 3.09. The number of aryl methyl sites for hydroxylation is 1. The molecule has 0 unspecified atom stereocenters. The van der Waals surface area contributed by atoms with E-state index in [0.29, 0.717) is 6.42 Å². The SMILES string of the molecule is Cc1sc(-c2ccncc2)nc1CC#N. The summed E-state index contributed by atoms with van der Waals surface area (Å²) in [5.41, 5.74) is 1.94. The Hall–Kier alpha value is -1.73. The lowest BCUT2D eigenvalue weighted by Crippen LogP contribution is -1.84. The van der Waals surface area contributed by atoms with Gasteiger partial charge in [0, 0.05) is 22.8 Å². The minimum Gasteiger partial charge on any atom is -0.265 e. The van der Waals surface area contributed by atoms with Gasteiger partial charge in [-0.1, -0.05) is 0 Å². The highest BCUT2D eigenvalue weighted by Crippen LogP contribution is 2.27. The van der Waals surface area contributed by atoms with Gasteiger partial charge >= 0.3 is 0 Å². The monoisotopic (exact) mass is 215 g/mol. The lowest BCUT2D eigenvalue weighted by molar-refractivity contribution is 1.13. The highest BCUT2D eigenvalue weighted by Gasteiger charge is 2.08. The van der Waals surface area contributed by atoms with Gasteiger partial charge in [-0.05, 0) is 19.1 Å². The summed E-state index contributed by atoms with van der Waals surface area (Å²) in [6.07, 6.45) is 3.87. The predicted octanol–water partition coefficient (Wildman–Crippen LogP) is 2.58. The van der Waals surface area contributed by atoms with E-state index in [4.69, 9.17) is 5.26 Å². The number of pyridine rings is 1. The van der Waals surface area contributed by atoms with Gasteiger partial charge in [-0.25, -0.2) is 4.98 Å². The Kier molecular flexibility index (Phi) is 2.75. The molecular weight excluding hydrogens is 206 g/mol. The van der Waals surface area contributed by atoms with Gasteiger partial charge in [-0.3, -0.25) is 4.98 Å². The first-order chi connectivity index (χ1) is 7.31. The molecule has 0 spiro atoms. The summed E-state index contributed by atoms with van der Waals surface area (Å²) < 4.78 is 0. The van der Waals surface area contributed by atoms with E-state index < -0.39 is 0 Å². The Morgan fingerprint density at radius 1 is 1.40 bits per heavy atom. The minimum atomic E-state index is 0.382. The summed E-state index contributed by atoms with van der Waals surface area (Å²) in [7, 11) is 0. The first-order valence-electron chi connectivity index (χ1n) is 4.55. The molecule has 0 fully saturated rings. The average Bonchev–Trinajstić information content (AvgIpc) is 2.63. The summed E-state index contributed by atoms with van der Waals surface area (Å²) >= 11 is 1.62. The number of rotatable bonds is 2. The van der Waals surface area contributed by atoms with Crippen molar-refractivity contribution in [2.75, 3.05) is 0 Å². The Bertz CT molecular complexity index is 496. The molecule has 2 rings (SSSR count). The fraction of sp³-hybridized carbons (Fsp3) is 0.182. The zero-order valence-electron chi connectivity index (χ0n) is 8.27.